The van der Waals surface area contributed by atoms with E-state index in [4.69, 9.17) is 5.73 Å². The highest BCUT2D eigenvalue weighted by Crippen LogP contribution is 2.33. The van der Waals surface area contributed by atoms with Crippen molar-refractivity contribution >= 4 is 23.6 Å². The minimum Gasteiger partial charge on any atom is -0.366 e. The summed E-state index contributed by atoms with van der Waals surface area (Å²) in [6.07, 6.45) is 4.84. The van der Waals surface area contributed by atoms with Crippen LogP contribution in [0.15, 0.2) is 70.4 Å². The van der Waals surface area contributed by atoms with Crippen LogP contribution in [0.3, 0.4) is 0 Å². The first-order valence-corrected chi connectivity index (χ1v) is 11.7. The van der Waals surface area contributed by atoms with Gasteiger partial charge in [-0.25, -0.2) is 0 Å². The van der Waals surface area contributed by atoms with E-state index < -0.39 is 5.91 Å². The van der Waals surface area contributed by atoms with Gasteiger partial charge >= 0.3 is 0 Å². The molecule has 2 aromatic carbocycles. The molecule has 0 aliphatic carbocycles. The number of allylic oxidation sites excluding steroid dienone is 1. The number of nitrogens with zero attached hydrogens (tertiary/aromatic N) is 3. The molecule has 2 heterocycles. The minimum absolute atomic E-state index is 0.0229. The van der Waals surface area contributed by atoms with Gasteiger partial charge in [0.2, 0.25) is 5.91 Å². The van der Waals surface area contributed by atoms with Crippen LogP contribution in [0.2, 0.25) is 0 Å². The molecule has 2 N–H and O–H groups in total. The highest BCUT2D eigenvalue weighted by atomic mass is 16.2. The lowest BCUT2D eigenvalue weighted by molar-refractivity contribution is 0.0827. The molecular formula is C28H32N4O2. The number of piperidine rings is 1. The fourth-order valence-corrected chi connectivity index (χ4v) is 4.65. The molecule has 2 aromatic rings. The van der Waals surface area contributed by atoms with Crippen LogP contribution in [-0.2, 0) is 0 Å². The first-order chi connectivity index (χ1) is 16.3. The van der Waals surface area contributed by atoms with E-state index in [1.807, 2.05) is 48.7 Å². The Morgan fingerprint density at radius 3 is 2.21 bits per heavy atom. The van der Waals surface area contributed by atoms with Crippen LogP contribution >= 0.6 is 0 Å². The number of hydrogen-bond donors (Lipinski definition) is 1. The van der Waals surface area contributed by atoms with E-state index in [2.05, 4.69) is 16.8 Å². The third-order valence-corrected chi connectivity index (χ3v) is 6.62. The van der Waals surface area contributed by atoms with Gasteiger partial charge in [-0.1, -0.05) is 29.8 Å². The Balaban J connectivity index is 1.65. The van der Waals surface area contributed by atoms with Crippen LogP contribution < -0.4 is 5.73 Å². The molecule has 0 unspecified atom stereocenters. The molecule has 0 saturated carbocycles. The van der Waals surface area contributed by atoms with Gasteiger partial charge in [0.05, 0.1) is 0 Å². The summed E-state index contributed by atoms with van der Waals surface area (Å²) in [6.45, 7) is 5.00. The van der Waals surface area contributed by atoms with Crippen LogP contribution in [0.25, 0.3) is 5.57 Å². The van der Waals surface area contributed by atoms with E-state index in [1.165, 1.54) is 11.1 Å². The molecule has 6 heteroatoms. The molecule has 6 nitrogen and oxygen atoms in total. The third kappa shape index (κ3) is 5.18. The Kier molecular flexibility index (Phi) is 7.08. The number of nitrogens with two attached hydrogens (primary N) is 1. The van der Waals surface area contributed by atoms with Crippen molar-refractivity contribution in [3.63, 3.8) is 0 Å². The zero-order chi connectivity index (χ0) is 24.2. The van der Waals surface area contributed by atoms with Crippen LogP contribution in [0.5, 0.6) is 0 Å². The summed E-state index contributed by atoms with van der Waals surface area (Å²) in [5.74, 6) is -0.458. The predicted molar refractivity (Wildman–Crippen MR) is 137 cm³/mol. The molecule has 176 valence electrons. The lowest BCUT2D eigenvalue weighted by Gasteiger charge is -2.30. The molecule has 4 rings (SSSR count). The largest absolute Gasteiger partial charge is 0.366 e. The normalized spacial score (nSPS) is 16.1. The average Bonchev–Trinajstić information content (AvgIpc) is 3.24. The number of carbonyl (C=O) groups excluding carboxylic acids is 2. The van der Waals surface area contributed by atoms with Crippen molar-refractivity contribution in [1.29, 1.82) is 0 Å². The zero-order valence-corrected chi connectivity index (χ0v) is 20.2. The van der Waals surface area contributed by atoms with Crippen LogP contribution in [0, 0.1) is 0 Å². The third-order valence-electron chi connectivity index (χ3n) is 6.62. The second kappa shape index (κ2) is 10.2. The highest BCUT2D eigenvalue weighted by Gasteiger charge is 2.21. The van der Waals surface area contributed by atoms with E-state index in [0.717, 1.165) is 61.3 Å². The van der Waals surface area contributed by atoms with Crippen molar-refractivity contribution in [3.8, 4) is 0 Å². The van der Waals surface area contributed by atoms with Crippen LogP contribution in [-0.4, -0.2) is 61.6 Å². The molecule has 0 aromatic heterocycles. The van der Waals surface area contributed by atoms with Crippen molar-refractivity contribution in [3.05, 3.63) is 87.6 Å². The molecular weight excluding hydrogens is 424 g/mol. The number of benzene rings is 2. The number of carbonyl (C=O) groups is 2. The van der Waals surface area contributed by atoms with Gasteiger partial charge in [-0.2, -0.15) is 0 Å². The van der Waals surface area contributed by atoms with E-state index in [1.54, 1.807) is 25.1 Å². The summed E-state index contributed by atoms with van der Waals surface area (Å²) in [5.41, 5.74) is 13.8. The molecule has 2 amide bonds. The Morgan fingerprint density at radius 2 is 1.62 bits per heavy atom. The molecule has 34 heavy (non-hydrogen) atoms. The van der Waals surface area contributed by atoms with Gasteiger partial charge in [0, 0.05) is 63.2 Å². The maximum Gasteiger partial charge on any atom is 0.253 e. The zero-order valence-electron chi connectivity index (χ0n) is 20.2. The van der Waals surface area contributed by atoms with E-state index >= 15 is 0 Å². The fourth-order valence-electron chi connectivity index (χ4n) is 4.65. The first-order valence-electron chi connectivity index (χ1n) is 11.7. The SMILES string of the molecule is CC1=C(CN2CCC(=C(c3ccc(C(=O)N(C)C)cc3)c3cccc(C(N)=O)c3)CC2)CC=N1. The molecule has 2 aliphatic heterocycles. The predicted octanol–water partition coefficient (Wildman–Crippen LogP) is 4.13. The molecule has 0 spiro atoms. The maximum absolute atomic E-state index is 12.4. The van der Waals surface area contributed by atoms with Gasteiger partial charge in [-0.3, -0.25) is 19.5 Å². The molecule has 0 radical (unpaired) electrons. The number of primary amides is 1. The van der Waals surface area contributed by atoms with Gasteiger partial charge in [0.1, 0.15) is 0 Å². The molecule has 1 fully saturated rings. The quantitative estimate of drug-likeness (QED) is 0.710. The van der Waals surface area contributed by atoms with Crippen molar-refractivity contribution in [2.24, 2.45) is 10.7 Å². The van der Waals surface area contributed by atoms with Crippen molar-refractivity contribution in [2.45, 2.75) is 26.2 Å². The highest BCUT2D eigenvalue weighted by molar-refractivity contribution is 5.96. The molecule has 2 aliphatic rings. The molecule has 0 bridgehead atoms. The van der Waals surface area contributed by atoms with Crippen molar-refractivity contribution in [2.75, 3.05) is 33.7 Å². The second-order valence-electron chi connectivity index (χ2n) is 9.18. The molecule has 0 atom stereocenters. The Labute approximate surface area is 201 Å². The number of likely N-dealkylation sites (tertiary alicyclic amines) is 1. The standard InChI is InChI=1S/C28H32N4O2/c1-19-25(11-14-30-19)18-32-15-12-21(13-16-32)26(23-5-4-6-24(17-23)27(29)33)20-7-9-22(10-8-20)28(34)31(2)3/h4-10,14,17H,11-13,15-16,18H2,1-3H3,(H2,29,33). The van der Waals surface area contributed by atoms with E-state index in [0.29, 0.717) is 11.1 Å². The summed E-state index contributed by atoms with van der Waals surface area (Å²) in [7, 11) is 3.50. The van der Waals surface area contributed by atoms with Gasteiger partial charge in [0.15, 0.2) is 0 Å². The van der Waals surface area contributed by atoms with Gasteiger partial charge < -0.3 is 10.6 Å². The topological polar surface area (TPSA) is 79.0 Å². The Bertz CT molecular complexity index is 1180. The lowest BCUT2D eigenvalue weighted by Crippen LogP contribution is -2.32. The van der Waals surface area contributed by atoms with Crippen molar-refractivity contribution < 1.29 is 9.59 Å². The number of aliphatic imine (C=N–C) groups is 1. The average molecular weight is 457 g/mol. The number of hydrogen-bond acceptors (Lipinski definition) is 4. The maximum atomic E-state index is 12.4. The number of rotatable bonds is 6. The van der Waals surface area contributed by atoms with Crippen LogP contribution in [0.4, 0.5) is 0 Å². The smallest absolute Gasteiger partial charge is 0.253 e. The van der Waals surface area contributed by atoms with Gasteiger partial charge in [0.25, 0.3) is 5.91 Å². The summed E-state index contributed by atoms with van der Waals surface area (Å²) >= 11 is 0. The van der Waals surface area contributed by atoms with E-state index in [9.17, 15) is 9.59 Å². The summed E-state index contributed by atoms with van der Waals surface area (Å²) in [5, 5.41) is 0. The second-order valence-corrected chi connectivity index (χ2v) is 9.18. The number of amides is 2. The summed E-state index contributed by atoms with van der Waals surface area (Å²) in [4.78, 5) is 32.7. The Morgan fingerprint density at radius 1 is 0.971 bits per heavy atom. The van der Waals surface area contributed by atoms with Gasteiger partial charge in [-0.15, -0.1) is 0 Å². The van der Waals surface area contributed by atoms with E-state index in [-0.39, 0.29) is 5.91 Å². The van der Waals surface area contributed by atoms with Crippen molar-refractivity contribution in [1.82, 2.24) is 9.80 Å². The summed E-state index contributed by atoms with van der Waals surface area (Å²) in [6, 6.07) is 15.3. The first kappa shape index (κ1) is 23.6. The van der Waals surface area contributed by atoms with Crippen LogP contribution in [0.1, 0.15) is 58.0 Å². The monoisotopic (exact) mass is 456 g/mol. The summed E-state index contributed by atoms with van der Waals surface area (Å²) < 4.78 is 0. The Hall–Kier alpha value is -3.51. The lowest BCUT2D eigenvalue weighted by atomic mass is 9.87. The molecule has 1 saturated heterocycles. The van der Waals surface area contributed by atoms with Gasteiger partial charge in [-0.05, 0) is 66.3 Å². The minimum atomic E-state index is -0.435. The fraction of sp³-hybridized carbons (Fsp3) is 0.321.